The maximum Gasteiger partial charge on any atom is 0.154 e. The first kappa shape index (κ1) is 9.28. The molecule has 2 aromatic rings. The summed E-state index contributed by atoms with van der Waals surface area (Å²) in [7, 11) is 1.52. The van der Waals surface area contributed by atoms with Crippen LogP contribution in [0.15, 0.2) is 30.6 Å². The molecule has 4 heteroatoms. The van der Waals surface area contributed by atoms with E-state index in [0.717, 1.165) is 11.4 Å². The molecule has 0 atom stereocenters. The highest BCUT2D eigenvalue weighted by Crippen LogP contribution is 2.21. The van der Waals surface area contributed by atoms with Crippen molar-refractivity contribution in [3.05, 3.63) is 36.2 Å². The Labute approximate surface area is 87.2 Å². The molecular formula is C11H9N3O. The van der Waals surface area contributed by atoms with E-state index >= 15 is 0 Å². The molecule has 0 aliphatic rings. The van der Waals surface area contributed by atoms with Crippen molar-refractivity contribution in [1.29, 1.82) is 5.26 Å². The van der Waals surface area contributed by atoms with Gasteiger partial charge in [0.05, 0.1) is 30.3 Å². The third-order valence-electron chi connectivity index (χ3n) is 2.08. The lowest BCUT2D eigenvalue weighted by molar-refractivity contribution is 0.411. The van der Waals surface area contributed by atoms with Crippen LogP contribution < -0.4 is 4.74 Å². The van der Waals surface area contributed by atoms with Gasteiger partial charge in [0.2, 0.25) is 0 Å². The summed E-state index contributed by atoms with van der Waals surface area (Å²) in [5, 5.41) is 8.90. The van der Waals surface area contributed by atoms with Crippen LogP contribution in [0.3, 0.4) is 0 Å². The lowest BCUT2D eigenvalue weighted by Gasteiger charge is -2.03. The summed E-state index contributed by atoms with van der Waals surface area (Å²) in [5.41, 5.74) is 2.10. The lowest BCUT2D eigenvalue weighted by Crippen LogP contribution is -1.91. The van der Waals surface area contributed by atoms with Crippen molar-refractivity contribution in [3.8, 4) is 23.2 Å². The van der Waals surface area contributed by atoms with Crippen LogP contribution >= 0.6 is 0 Å². The van der Waals surface area contributed by atoms with Crippen LogP contribution in [0.1, 0.15) is 5.56 Å². The Kier molecular flexibility index (Phi) is 2.38. The molecule has 0 radical (unpaired) electrons. The summed E-state index contributed by atoms with van der Waals surface area (Å²) >= 11 is 0. The van der Waals surface area contributed by atoms with Crippen LogP contribution in [0, 0.1) is 11.3 Å². The van der Waals surface area contributed by atoms with Gasteiger partial charge in [-0.05, 0) is 18.2 Å². The number of rotatable bonds is 2. The zero-order chi connectivity index (χ0) is 10.7. The summed E-state index contributed by atoms with van der Waals surface area (Å²) in [5.74, 6) is 0.493. The predicted molar refractivity (Wildman–Crippen MR) is 55.3 cm³/mol. The van der Waals surface area contributed by atoms with Gasteiger partial charge >= 0.3 is 0 Å². The SMILES string of the molecule is COc1cnc(-c2ccc[nH]2)cc1C#N. The molecule has 0 unspecified atom stereocenters. The number of nitrogens with one attached hydrogen (secondary N) is 1. The molecule has 2 aromatic heterocycles. The van der Waals surface area contributed by atoms with E-state index in [9.17, 15) is 0 Å². The second kappa shape index (κ2) is 3.84. The van der Waals surface area contributed by atoms with E-state index < -0.39 is 0 Å². The van der Waals surface area contributed by atoms with Gasteiger partial charge in [-0.15, -0.1) is 0 Å². The summed E-state index contributed by atoms with van der Waals surface area (Å²) in [6, 6.07) is 7.55. The monoisotopic (exact) mass is 199 g/mol. The van der Waals surface area contributed by atoms with Crippen molar-refractivity contribution in [3.63, 3.8) is 0 Å². The lowest BCUT2D eigenvalue weighted by atomic mass is 10.2. The Hall–Kier alpha value is -2.28. The number of aromatic nitrogens is 2. The number of hydrogen-bond acceptors (Lipinski definition) is 3. The Balaban J connectivity index is 2.49. The van der Waals surface area contributed by atoms with E-state index in [1.807, 2.05) is 18.3 Å². The normalized spacial score (nSPS) is 9.60. The quantitative estimate of drug-likeness (QED) is 0.804. The van der Waals surface area contributed by atoms with Gasteiger partial charge in [-0.2, -0.15) is 5.26 Å². The first-order chi connectivity index (χ1) is 7.35. The summed E-state index contributed by atoms with van der Waals surface area (Å²) in [6.45, 7) is 0. The van der Waals surface area contributed by atoms with E-state index in [1.165, 1.54) is 7.11 Å². The number of nitrogens with zero attached hydrogens (tertiary/aromatic N) is 2. The van der Waals surface area contributed by atoms with Gasteiger partial charge in [0, 0.05) is 6.20 Å². The molecule has 0 aliphatic carbocycles. The van der Waals surface area contributed by atoms with Crippen LogP contribution in [0.2, 0.25) is 0 Å². The van der Waals surface area contributed by atoms with E-state index in [1.54, 1.807) is 12.3 Å². The van der Waals surface area contributed by atoms with Crippen LogP contribution in [0.5, 0.6) is 5.75 Å². The van der Waals surface area contributed by atoms with Crippen molar-refractivity contribution in [2.24, 2.45) is 0 Å². The van der Waals surface area contributed by atoms with Gasteiger partial charge < -0.3 is 9.72 Å². The highest BCUT2D eigenvalue weighted by atomic mass is 16.5. The maximum absolute atomic E-state index is 8.90. The Bertz CT molecular complexity index is 497. The molecule has 0 spiro atoms. The number of nitriles is 1. The van der Waals surface area contributed by atoms with E-state index in [2.05, 4.69) is 16.0 Å². The standard InChI is InChI=1S/C11H9N3O/c1-15-11-7-14-10(5-8(11)6-12)9-3-2-4-13-9/h2-5,7,13H,1H3. The fourth-order valence-corrected chi connectivity index (χ4v) is 1.33. The Morgan fingerprint density at radius 1 is 1.53 bits per heavy atom. The molecule has 0 saturated carbocycles. The van der Waals surface area contributed by atoms with Crippen molar-refractivity contribution in [1.82, 2.24) is 9.97 Å². The summed E-state index contributed by atoms with van der Waals surface area (Å²) < 4.78 is 5.01. The van der Waals surface area contributed by atoms with Crippen LogP contribution in [-0.4, -0.2) is 17.1 Å². The van der Waals surface area contributed by atoms with Crippen LogP contribution in [0.25, 0.3) is 11.4 Å². The molecule has 4 nitrogen and oxygen atoms in total. The molecule has 74 valence electrons. The van der Waals surface area contributed by atoms with Gasteiger partial charge in [-0.1, -0.05) is 0 Å². The first-order valence-electron chi connectivity index (χ1n) is 4.43. The van der Waals surface area contributed by atoms with Crippen LogP contribution in [0.4, 0.5) is 0 Å². The minimum absolute atomic E-state index is 0.483. The van der Waals surface area contributed by atoms with Gasteiger partial charge in [0.25, 0.3) is 0 Å². The molecule has 2 rings (SSSR count). The zero-order valence-corrected chi connectivity index (χ0v) is 8.19. The van der Waals surface area contributed by atoms with Crippen molar-refractivity contribution < 1.29 is 4.74 Å². The number of hydrogen-bond donors (Lipinski definition) is 1. The molecule has 15 heavy (non-hydrogen) atoms. The fourth-order valence-electron chi connectivity index (χ4n) is 1.33. The number of aromatic amines is 1. The minimum Gasteiger partial charge on any atom is -0.494 e. The maximum atomic E-state index is 8.90. The molecule has 1 N–H and O–H groups in total. The second-order valence-electron chi connectivity index (χ2n) is 2.97. The highest BCUT2D eigenvalue weighted by Gasteiger charge is 2.06. The molecule has 0 aromatic carbocycles. The van der Waals surface area contributed by atoms with E-state index in [-0.39, 0.29) is 0 Å². The molecule has 2 heterocycles. The molecule has 0 fully saturated rings. The van der Waals surface area contributed by atoms with Gasteiger partial charge in [0.15, 0.2) is 5.75 Å². The second-order valence-corrected chi connectivity index (χ2v) is 2.97. The largest absolute Gasteiger partial charge is 0.494 e. The van der Waals surface area contributed by atoms with Crippen molar-refractivity contribution in [2.45, 2.75) is 0 Å². The number of H-pyrrole nitrogens is 1. The topological polar surface area (TPSA) is 61.7 Å². The molecule has 0 aliphatic heterocycles. The van der Waals surface area contributed by atoms with Gasteiger partial charge in [-0.3, -0.25) is 4.98 Å². The third-order valence-corrected chi connectivity index (χ3v) is 2.08. The van der Waals surface area contributed by atoms with Crippen LogP contribution in [-0.2, 0) is 0 Å². The molecule has 0 saturated heterocycles. The van der Waals surface area contributed by atoms with E-state index in [4.69, 9.17) is 10.00 Å². The third kappa shape index (κ3) is 1.67. The van der Waals surface area contributed by atoms with Gasteiger partial charge in [0.1, 0.15) is 6.07 Å². The first-order valence-corrected chi connectivity index (χ1v) is 4.43. The van der Waals surface area contributed by atoms with E-state index in [0.29, 0.717) is 11.3 Å². The smallest absolute Gasteiger partial charge is 0.154 e. The highest BCUT2D eigenvalue weighted by molar-refractivity contribution is 5.59. The molecule has 0 bridgehead atoms. The number of ether oxygens (including phenoxy) is 1. The minimum atomic E-state index is 0.483. The number of methoxy groups -OCH3 is 1. The summed E-state index contributed by atoms with van der Waals surface area (Å²) in [6.07, 6.45) is 3.36. The van der Waals surface area contributed by atoms with Gasteiger partial charge in [-0.25, -0.2) is 0 Å². The average Bonchev–Trinajstić information content (AvgIpc) is 2.81. The molecular weight excluding hydrogens is 190 g/mol. The fraction of sp³-hybridized carbons (Fsp3) is 0.0909. The average molecular weight is 199 g/mol. The Morgan fingerprint density at radius 2 is 2.40 bits per heavy atom. The zero-order valence-electron chi connectivity index (χ0n) is 8.19. The Morgan fingerprint density at radius 3 is 3.00 bits per heavy atom. The number of pyridine rings is 1. The van der Waals surface area contributed by atoms with Crippen molar-refractivity contribution in [2.75, 3.05) is 7.11 Å². The summed E-state index contributed by atoms with van der Waals surface area (Å²) in [4.78, 5) is 7.22. The van der Waals surface area contributed by atoms with Crippen molar-refractivity contribution >= 4 is 0 Å². The molecule has 0 amide bonds. The predicted octanol–water partition coefficient (Wildman–Crippen LogP) is 1.96.